The Morgan fingerprint density at radius 1 is 1.62 bits per heavy atom. The Kier molecular flexibility index (Phi) is 31.4. The predicted molar refractivity (Wildman–Crippen MR) is 29.0 cm³/mol. The van der Waals surface area contributed by atoms with Gasteiger partial charge in [-0.05, 0) is 0 Å². The third-order valence-corrected chi connectivity index (χ3v) is 0. The van der Waals surface area contributed by atoms with E-state index in [1.807, 2.05) is 6.92 Å². The molecule has 0 atom stereocenters. The molecule has 0 aliphatic rings. The first kappa shape index (κ1) is 16.0. The first-order chi connectivity index (χ1) is 3.15. The van der Waals surface area contributed by atoms with Crippen LogP contribution < -0.4 is 29.6 Å². The smallest absolute Gasteiger partial charge is 0.344 e. The van der Waals surface area contributed by atoms with Gasteiger partial charge in [0.05, 0.1) is 0 Å². The van der Waals surface area contributed by atoms with Gasteiger partial charge in [-0.25, -0.2) is 0 Å². The second-order valence-corrected chi connectivity index (χ2v) is 1.19. The summed E-state index contributed by atoms with van der Waals surface area (Å²) in [4.78, 5) is 0. The van der Waals surface area contributed by atoms with E-state index < -0.39 is 11.4 Å². The van der Waals surface area contributed by atoms with E-state index in [0.29, 0.717) is 0 Å². The Labute approximate surface area is 74.3 Å². The molecule has 0 aliphatic heterocycles. The summed E-state index contributed by atoms with van der Waals surface area (Å²) in [6, 6.07) is 0. The van der Waals surface area contributed by atoms with Crippen molar-refractivity contribution in [1.82, 2.24) is 0 Å². The van der Waals surface area contributed by atoms with Crippen molar-refractivity contribution in [3.8, 4) is 0 Å². The van der Waals surface area contributed by atoms with Crippen LogP contribution in [0.25, 0.3) is 0 Å². The minimum Gasteiger partial charge on any atom is -0.344 e. The predicted octanol–water partition coefficient (Wildman–Crippen LogP) is -2.08. The van der Waals surface area contributed by atoms with Crippen molar-refractivity contribution in [2.45, 2.75) is 13.3 Å². The molecule has 0 unspecified atom stereocenters. The minimum absolute atomic E-state index is 0. The molecular formula is C3H9NaO3S. The Bertz CT molecular complexity index is 45.8. The molecule has 0 spiro atoms. The Morgan fingerprint density at radius 2 is 1.62 bits per heavy atom. The van der Waals surface area contributed by atoms with Gasteiger partial charge in [-0.15, -0.1) is 0 Å². The summed E-state index contributed by atoms with van der Waals surface area (Å²) in [6.45, 7) is 5.50. The fourth-order valence-corrected chi connectivity index (χ4v) is 0. The molecule has 0 aromatic rings. The largest absolute Gasteiger partial charge is 1.00 e. The SMILES string of the molecule is O=S(O)O.[CH2-]CC.[Na+]. The van der Waals surface area contributed by atoms with E-state index in [0.717, 1.165) is 6.42 Å². The summed E-state index contributed by atoms with van der Waals surface area (Å²) in [5.74, 6) is 0. The zero-order valence-electron chi connectivity index (χ0n) is 5.13. The quantitative estimate of drug-likeness (QED) is 0.235. The van der Waals surface area contributed by atoms with E-state index in [4.69, 9.17) is 13.3 Å². The molecule has 2 N–H and O–H groups in total. The summed E-state index contributed by atoms with van der Waals surface area (Å²) >= 11 is -2.61. The van der Waals surface area contributed by atoms with Crippen LogP contribution in [0, 0.1) is 6.92 Å². The normalized spacial score (nSPS) is 6.62. The molecule has 0 aromatic carbocycles. The van der Waals surface area contributed by atoms with Gasteiger partial charge in [-0.2, -0.15) is 10.6 Å². The fourth-order valence-electron chi connectivity index (χ4n) is 0. The Balaban J connectivity index is -0.0000000575. The molecule has 0 saturated carbocycles. The van der Waals surface area contributed by atoms with Crippen LogP contribution in [0.2, 0.25) is 0 Å². The zero-order valence-corrected chi connectivity index (χ0v) is 7.94. The molecule has 0 fully saturated rings. The van der Waals surface area contributed by atoms with E-state index in [1.54, 1.807) is 0 Å². The summed E-state index contributed by atoms with van der Waals surface area (Å²) in [5, 5.41) is 0. The second kappa shape index (κ2) is 15.7. The summed E-state index contributed by atoms with van der Waals surface area (Å²) < 4.78 is 22.8. The molecule has 0 radical (unpaired) electrons. The maximum Gasteiger partial charge on any atom is 1.00 e. The van der Waals surface area contributed by atoms with E-state index in [1.165, 1.54) is 0 Å². The topological polar surface area (TPSA) is 57.5 Å². The van der Waals surface area contributed by atoms with Gasteiger partial charge in [-0.3, -0.25) is 9.11 Å². The molecule has 0 heterocycles. The second-order valence-electron chi connectivity index (χ2n) is 0.731. The van der Waals surface area contributed by atoms with Gasteiger partial charge < -0.3 is 6.92 Å². The minimum atomic E-state index is -2.61. The monoisotopic (exact) mass is 148 g/mol. The van der Waals surface area contributed by atoms with E-state index in [9.17, 15) is 0 Å². The van der Waals surface area contributed by atoms with E-state index >= 15 is 0 Å². The average Bonchev–Trinajstić information content (AvgIpc) is 1.33. The fraction of sp³-hybridized carbons (Fsp3) is 0.667. The van der Waals surface area contributed by atoms with Gasteiger partial charge in [0.15, 0.2) is 0 Å². The summed E-state index contributed by atoms with van der Waals surface area (Å²) in [5.41, 5.74) is 0. The molecule has 8 heavy (non-hydrogen) atoms. The Hall–Kier alpha value is 1.07. The van der Waals surface area contributed by atoms with Gasteiger partial charge in [0.25, 0.3) is 11.4 Å². The van der Waals surface area contributed by atoms with Crippen LogP contribution in [0.4, 0.5) is 0 Å². The van der Waals surface area contributed by atoms with Crippen LogP contribution in [-0.2, 0) is 11.4 Å². The molecule has 0 aliphatic carbocycles. The third kappa shape index (κ3) is 228. The van der Waals surface area contributed by atoms with E-state index in [2.05, 4.69) is 6.92 Å². The molecular weight excluding hydrogens is 139 g/mol. The van der Waals surface area contributed by atoms with Crippen molar-refractivity contribution in [3.63, 3.8) is 0 Å². The molecule has 0 bridgehead atoms. The van der Waals surface area contributed by atoms with Crippen LogP contribution in [0.5, 0.6) is 0 Å². The summed E-state index contributed by atoms with van der Waals surface area (Å²) in [7, 11) is 0. The van der Waals surface area contributed by atoms with Crippen LogP contribution in [0.15, 0.2) is 0 Å². The maximum absolute atomic E-state index is 8.67. The van der Waals surface area contributed by atoms with Gasteiger partial charge in [0.2, 0.25) is 0 Å². The third-order valence-electron chi connectivity index (χ3n) is 0. The molecule has 5 heteroatoms. The van der Waals surface area contributed by atoms with Crippen molar-refractivity contribution in [2.24, 2.45) is 0 Å². The van der Waals surface area contributed by atoms with Crippen LogP contribution in [0.3, 0.4) is 0 Å². The van der Waals surface area contributed by atoms with Gasteiger partial charge >= 0.3 is 29.6 Å². The maximum atomic E-state index is 8.67. The van der Waals surface area contributed by atoms with Gasteiger partial charge in [-0.1, -0.05) is 6.92 Å². The standard InChI is InChI=1S/C3H7.Na.H2O3S/c1-3-2;;1-4(2)3/h1,3H2,2H3;;(H2,1,2,3)/q-1;+1;. The van der Waals surface area contributed by atoms with Crippen LogP contribution in [0.1, 0.15) is 13.3 Å². The summed E-state index contributed by atoms with van der Waals surface area (Å²) in [6.07, 6.45) is 1.00. The van der Waals surface area contributed by atoms with Crippen molar-refractivity contribution in [3.05, 3.63) is 6.92 Å². The zero-order chi connectivity index (χ0) is 6.28. The first-order valence-electron chi connectivity index (χ1n) is 1.74. The number of hydrogen-bond donors (Lipinski definition) is 2. The van der Waals surface area contributed by atoms with Crippen molar-refractivity contribution < 1.29 is 42.9 Å². The van der Waals surface area contributed by atoms with Gasteiger partial charge in [0, 0.05) is 0 Å². The molecule has 0 aromatic heterocycles. The number of hydrogen-bond acceptors (Lipinski definition) is 1. The van der Waals surface area contributed by atoms with Crippen molar-refractivity contribution in [2.75, 3.05) is 0 Å². The number of rotatable bonds is 0. The van der Waals surface area contributed by atoms with Crippen molar-refractivity contribution in [1.29, 1.82) is 0 Å². The van der Waals surface area contributed by atoms with Crippen LogP contribution in [-0.4, -0.2) is 13.3 Å². The molecule has 0 amide bonds. The van der Waals surface area contributed by atoms with Gasteiger partial charge in [0.1, 0.15) is 0 Å². The van der Waals surface area contributed by atoms with E-state index in [-0.39, 0.29) is 29.6 Å². The molecule has 3 nitrogen and oxygen atoms in total. The van der Waals surface area contributed by atoms with Crippen molar-refractivity contribution >= 4 is 11.4 Å². The molecule has 46 valence electrons. The molecule has 0 saturated heterocycles. The average molecular weight is 148 g/mol. The first-order valence-corrected chi connectivity index (χ1v) is 2.80. The van der Waals surface area contributed by atoms with Crippen LogP contribution >= 0.6 is 0 Å². The Morgan fingerprint density at radius 3 is 1.62 bits per heavy atom. The molecule has 0 rings (SSSR count).